The number of nitrogens with zero attached hydrogens (tertiary/aromatic N) is 4. The van der Waals surface area contributed by atoms with E-state index in [1.807, 2.05) is 47.2 Å². The minimum atomic E-state index is -0.329. The molecule has 4 rings (SSSR count). The first-order valence-corrected chi connectivity index (χ1v) is 9.21. The van der Waals surface area contributed by atoms with E-state index in [1.54, 1.807) is 29.8 Å². The fourth-order valence-electron chi connectivity index (χ4n) is 3.45. The van der Waals surface area contributed by atoms with Gasteiger partial charge >= 0.3 is 0 Å². The van der Waals surface area contributed by atoms with Crippen molar-refractivity contribution in [2.24, 2.45) is 5.92 Å². The molecule has 1 aliphatic rings. The van der Waals surface area contributed by atoms with Crippen LogP contribution < -0.4 is 5.32 Å². The van der Waals surface area contributed by atoms with Crippen LogP contribution in [0.25, 0.3) is 5.69 Å². The standard InChI is InChI=1S/C21H21N5O2/c27-20-10-18(14-26(20)13-16-4-3-7-22-11-16)21(28)24-12-17-5-1-2-6-19(17)25-9-8-23-15-25/h1-9,11,15,18H,10,12-14H2,(H,24,28)/t18-/m0/s1. The predicted molar refractivity (Wildman–Crippen MR) is 103 cm³/mol. The summed E-state index contributed by atoms with van der Waals surface area (Å²) in [6, 6.07) is 11.6. The second-order valence-corrected chi connectivity index (χ2v) is 6.85. The van der Waals surface area contributed by atoms with Crippen molar-refractivity contribution < 1.29 is 9.59 Å². The maximum absolute atomic E-state index is 12.6. The molecule has 1 atom stereocenters. The molecular formula is C21H21N5O2. The number of carbonyl (C=O) groups is 2. The van der Waals surface area contributed by atoms with Crippen LogP contribution in [0, 0.1) is 5.92 Å². The molecule has 2 aromatic heterocycles. The Balaban J connectivity index is 1.37. The molecule has 1 aromatic carbocycles. The Morgan fingerprint density at radius 2 is 2.04 bits per heavy atom. The lowest BCUT2D eigenvalue weighted by atomic mass is 10.1. The maximum atomic E-state index is 12.6. The molecule has 2 amide bonds. The minimum Gasteiger partial charge on any atom is -0.352 e. The van der Waals surface area contributed by atoms with E-state index in [0.717, 1.165) is 16.8 Å². The van der Waals surface area contributed by atoms with Crippen molar-refractivity contribution in [3.05, 3.63) is 78.6 Å². The van der Waals surface area contributed by atoms with Gasteiger partial charge in [0.25, 0.3) is 0 Å². The number of carbonyl (C=O) groups excluding carboxylic acids is 2. The summed E-state index contributed by atoms with van der Waals surface area (Å²) in [7, 11) is 0. The van der Waals surface area contributed by atoms with Crippen molar-refractivity contribution >= 4 is 11.8 Å². The van der Waals surface area contributed by atoms with Crippen LogP contribution in [-0.4, -0.2) is 37.8 Å². The third-order valence-corrected chi connectivity index (χ3v) is 4.91. The van der Waals surface area contributed by atoms with Gasteiger partial charge in [-0.3, -0.25) is 14.6 Å². The van der Waals surface area contributed by atoms with Crippen LogP contribution in [0.4, 0.5) is 0 Å². The van der Waals surface area contributed by atoms with Gasteiger partial charge in [0.2, 0.25) is 11.8 Å². The highest BCUT2D eigenvalue weighted by atomic mass is 16.2. The lowest BCUT2D eigenvalue weighted by molar-refractivity contribution is -0.129. The number of aromatic nitrogens is 3. The molecule has 1 aliphatic heterocycles. The molecule has 3 heterocycles. The highest BCUT2D eigenvalue weighted by molar-refractivity contribution is 5.89. The molecule has 0 aliphatic carbocycles. The minimum absolute atomic E-state index is 0.00261. The largest absolute Gasteiger partial charge is 0.352 e. The van der Waals surface area contributed by atoms with Gasteiger partial charge in [-0.2, -0.15) is 0 Å². The normalized spacial score (nSPS) is 16.4. The van der Waals surface area contributed by atoms with Crippen molar-refractivity contribution in [3.63, 3.8) is 0 Å². The molecule has 0 unspecified atom stereocenters. The Bertz CT molecular complexity index is 956. The van der Waals surface area contributed by atoms with Gasteiger partial charge < -0.3 is 14.8 Å². The highest BCUT2D eigenvalue weighted by Crippen LogP contribution is 2.21. The topological polar surface area (TPSA) is 80.1 Å². The molecule has 0 bridgehead atoms. The lowest BCUT2D eigenvalue weighted by Crippen LogP contribution is -2.32. The van der Waals surface area contributed by atoms with E-state index in [1.165, 1.54) is 0 Å². The summed E-state index contributed by atoms with van der Waals surface area (Å²) in [5.74, 6) is -0.421. The SMILES string of the molecule is O=C(NCc1ccccc1-n1ccnc1)[C@H]1CC(=O)N(Cc2cccnc2)C1. The van der Waals surface area contributed by atoms with Gasteiger partial charge in [-0.15, -0.1) is 0 Å². The third kappa shape index (κ3) is 3.93. The molecule has 142 valence electrons. The summed E-state index contributed by atoms with van der Waals surface area (Å²) in [4.78, 5) is 34.8. The quantitative estimate of drug-likeness (QED) is 0.714. The number of rotatable bonds is 6. The number of nitrogens with one attached hydrogen (secondary N) is 1. The van der Waals surface area contributed by atoms with Crippen LogP contribution in [-0.2, 0) is 22.7 Å². The van der Waals surface area contributed by atoms with Crippen LogP contribution >= 0.6 is 0 Å². The first-order valence-electron chi connectivity index (χ1n) is 9.21. The van der Waals surface area contributed by atoms with Crippen LogP contribution in [0.2, 0.25) is 0 Å². The van der Waals surface area contributed by atoms with Gasteiger partial charge in [-0.25, -0.2) is 4.98 Å². The number of hydrogen-bond acceptors (Lipinski definition) is 4. The van der Waals surface area contributed by atoms with Crippen molar-refractivity contribution in [2.75, 3.05) is 6.54 Å². The molecule has 0 radical (unpaired) electrons. The van der Waals surface area contributed by atoms with E-state index >= 15 is 0 Å². The first-order chi connectivity index (χ1) is 13.7. The number of hydrogen-bond donors (Lipinski definition) is 1. The number of para-hydroxylation sites is 1. The molecule has 7 nitrogen and oxygen atoms in total. The van der Waals surface area contributed by atoms with E-state index in [9.17, 15) is 9.59 Å². The van der Waals surface area contributed by atoms with E-state index in [4.69, 9.17) is 0 Å². The van der Waals surface area contributed by atoms with Crippen LogP contribution in [0.3, 0.4) is 0 Å². The van der Waals surface area contributed by atoms with Gasteiger partial charge in [0.15, 0.2) is 0 Å². The summed E-state index contributed by atoms with van der Waals surface area (Å²) in [5, 5.41) is 2.98. The second-order valence-electron chi connectivity index (χ2n) is 6.85. The Morgan fingerprint density at radius 1 is 1.14 bits per heavy atom. The van der Waals surface area contributed by atoms with Crippen LogP contribution in [0.5, 0.6) is 0 Å². The average Bonchev–Trinajstić information content (AvgIpc) is 3.38. The van der Waals surface area contributed by atoms with Crippen LogP contribution in [0.1, 0.15) is 17.5 Å². The first kappa shape index (κ1) is 17.9. The number of imidazole rings is 1. The fourth-order valence-corrected chi connectivity index (χ4v) is 3.45. The average molecular weight is 375 g/mol. The summed E-state index contributed by atoms with van der Waals surface area (Å²) in [5.41, 5.74) is 2.93. The van der Waals surface area contributed by atoms with Crippen molar-refractivity contribution in [3.8, 4) is 5.69 Å². The zero-order valence-corrected chi connectivity index (χ0v) is 15.4. The molecule has 0 spiro atoms. The predicted octanol–water partition coefficient (Wildman–Crippen LogP) is 1.93. The third-order valence-electron chi connectivity index (χ3n) is 4.91. The Morgan fingerprint density at radius 3 is 2.82 bits per heavy atom. The monoisotopic (exact) mass is 375 g/mol. The number of pyridine rings is 1. The zero-order valence-electron chi connectivity index (χ0n) is 15.4. The molecule has 1 fully saturated rings. The molecule has 0 saturated carbocycles. The van der Waals surface area contributed by atoms with Gasteiger partial charge in [-0.05, 0) is 23.3 Å². The number of likely N-dealkylation sites (tertiary alicyclic amines) is 1. The van der Waals surface area contributed by atoms with Gasteiger partial charge in [-0.1, -0.05) is 24.3 Å². The zero-order chi connectivity index (χ0) is 19.3. The van der Waals surface area contributed by atoms with Crippen molar-refractivity contribution in [1.82, 2.24) is 24.8 Å². The van der Waals surface area contributed by atoms with Gasteiger partial charge in [0.1, 0.15) is 0 Å². The number of amides is 2. The molecule has 28 heavy (non-hydrogen) atoms. The van der Waals surface area contributed by atoms with Crippen molar-refractivity contribution in [1.29, 1.82) is 0 Å². The van der Waals surface area contributed by atoms with E-state index in [0.29, 0.717) is 19.6 Å². The summed E-state index contributed by atoms with van der Waals surface area (Å²) in [6.07, 6.45) is 9.01. The molecule has 7 heteroatoms. The van der Waals surface area contributed by atoms with E-state index in [-0.39, 0.29) is 24.2 Å². The molecule has 1 N–H and O–H groups in total. The Labute approximate surface area is 163 Å². The van der Waals surface area contributed by atoms with Gasteiger partial charge in [0.05, 0.1) is 17.9 Å². The van der Waals surface area contributed by atoms with Crippen LogP contribution in [0.15, 0.2) is 67.5 Å². The fraction of sp³-hybridized carbons (Fsp3) is 0.238. The van der Waals surface area contributed by atoms with Gasteiger partial charge in [0, 0.05) is 50.8 Å². The summed E-state index contributed by atoms with van der Waals surface area (Å²) < 4.78 is 1.91. The molecule has 1 saturated heterocycles. The Hall–Kier alpha value is -3.48. The maximum Gasteiger partial charge on any atom is 0.225 e. The second kappa shape index (κ2) is 8.04. The molecular weight excluding hydrogens is 354 g/mol. The van der Waals surface area contributed by atoms with E-state index < -0.39 is 0 Å². The summed E-state index contributed by atoms with van der Waals surface area (Å²) in [6.45, 7) is 1.32. The molecule has 3 aromatic rings. The highest BCUT2D eigenvalue weighted by Gasteiger charge is 2.34. The van der Waals surface area contributed by atoms with Crippen molar-refractivity contribution in [2.45, 2.75) is 19.5 Å². The summed E-state index contributed by atoms with van der Waals surface area (Å²) >= 11 is 0. The lowest BCUT2D eigenvalue weighted by Gasteiger charge is -2.17. The number of benzene rings is 1. The van der Waals surface area contributed by atoms with E-state index in [2.05, 4.69) is 15.3 Å². The Kier molecular flexibility index (Phi) is 5.14. The smallest absolute Gasteiger partial charge is 0.225 e.